The van der Waals surface area contributed by atoms with Crippen LogP contribution in [0.25, 0.3) is 0 Å². The summed E-state index contributed by atoms with van der Waals surface area (Å²) in [4.78, 5) is 23.7. The lowest BCUT2D eigenvalue weighted by Gasteiger charge is -2.21. The third-order valence-electron chi connectivity index (χ3n) is 2.88. The van der Waals surface area contributed by atoms with Crippen LogP contribution in [0.5, 0.6) is 0 Å². The van der Waals surface area contributed by atoms with Gasteiger partial charge in [-0.3, -0.25) is 4.79 Å². The number of amides is 1. The van der Waals surface area contributed by atoms with Crippen molar-refractivity contribution >= 4 is 24.3 Å². The maximum absolute atomic E-state index is 11.9. The van der Waals surface area contributed by atoms with Crippen LogP contribution >= 0.6 is 12.4 Å². The third-order valence-corrected chi connectivity index (χ3v) is 2.88. The number of nitrogens with one attached hydrogen (secondary N) is 1. The quantitative estimate of drug-likeness (QED) is 0.806. The van der Waals surface area contributed by atoms with Crippen molar-refractivity contribution in [2.24, 2.45) is 11.7 Å². The van der Waals surface area contributed by atoms with Crippen LogP contribution in [0.2, 0.25) is 0 Å². The molecule has 0 radical (unpaired) electrons. The first-order valence-electron chi connectivity index (χ1n) is 6.16. The van der Waals surface area contributed by atoms with Gasteiger partial charge in [0.05, 0.1) is 13.2 Å². The zero-order chi connectivity index (χ0) is 14.4. The number of carbonyl (C=O) groups is 2. The maximum Gasteiger partial charge on any atom is 0.333 e. The summed E-state index contributed by atoms with van der Waals surface area (Å²) >= 11 is 0. The van der Waals surface area contributed by atoms with Crippen LogP contribution in [-0.2, 0) is 14.3 Å². The normalized spacial score (nSPS) is 13.1. The highest BCUT2D eigenvalue weighted by Gasteiger charge is 2.26. The summed E-state index contributed by atoms with van der Waals surface area (Å²) in [5.41, 5.74) is 6.43. The predicted molar refractivity (Wildman–Crippen MR) is 79.4 cm³/mol. The maximum atomic E-state index is 11.9. The van der Waals surface area contributed by atoms with Gasteiger partial charge >= 0.3 is 5.97 Å². The van der Waals surface area contributed by atoms with Gasteiger partial charge in [-0.1, -0.05) is 44.2 Å². The highest BCUT2D eigenvalue weighted by atomic mass is 35.5. The van der Waals surface area contributed by atoms with Crippen LogP contribution in [0, 0.1) is 5.92 Å². The highest BCUT2D eigenvalue weighted by molar-refractivity contribution is 5.88. The van der Waals surface area contributed by atoms with Crippen LogP contribution in [0.4, 0.5) is 0 Å². The van der Waals surface area contributed by atoms with Gasteiger partial charge in [0.15, 0.2) is 6.04 Å². The molecule has 1 aromatic carbocycles. The van der Waals surface area contributed by atoms with Gasteiger partial charge in [-0.15, -0.1) is 12.4 Å². The number of methoxy groups -OCH3 is 1. The first-order valence-corrected chi connectivity index (χ1v) is 6.16. The Balaban J connectivity index is 0.00000361. The van der Waals surface area contributed by atoms with Crippen molar-refractivity contribution in [2.75, 3.05) is 7.11 Å². The number of carbonyl (C=O) groups excluding carboxylic acids is 2. The van der Waals surface area contributed by atoms with E-state index in [4.69, 9.17) is 10.5 Å². The van der Waals surface area contributed by atoms with Crippen molar-refractivity contribution in [1.29, 1.82) is 0 Å². The molecular formula is C14H21ClN2O3. The molecule has 0 aliphatic heterocycles. The lowest BCUT2D eigenvalue weighted by Crippen LogP contribution is -2.47. The van der Waals surface area contributed by atoms with Crippen molar-refractivity contribution in [2.45, 2.75) is 25.9 Å². The second-order valence-corrected chi connectivity index (χ2v) is 4.65. The van der Waals surface area contributed by atoms with E-state index in [0.29, 0.717) is 5.56 Å². The molecule has 2 atom stereocenters. The molecule has 0 fully saturated rings. The van der Waals surface area contributed by atoms with Gasteiger partial charge in [0.2, 0.25) is 5.91 Å². The van der Waals surface area contributed by atoms with Crippen LogP contribution in [0.15, 0.2) is 30.3 Å². The summed E-state index contributed by atoms with van der Waals surface area (Å²) in [6, 6.07) is 7.43. The van der Waals surface area contributed by atoms with Crippen molar-refractivity contribution in [3.8, 4) is 0 Å². The number of rotatable bonds is 5. The fraction of sp³-hybridized carbons (Fsp3) is 0.429. The molecule has 0 spiro atoms. The van der Waals surface area contributed by atoms with Crippen LogP contribution in [0.1, 0.15) is 25.5 Å². The second-order valence-electron chi connectivity index (χ2n) is 4.65. The van der Waals surface area contributed by atoms with Crippen LogP contribution < -0.4 is 11.1 Å². The molecule has 0 heterocycles. The first-order chi connectivity index (χ1) is 8.97. The molecule has 20 heavy (non-hydrogen) atoms. The topological polar surface area (TPSA) is 81.4 Å². The zero-order valence-electron chi connectivity index (χ0n) is 11.8. The number of benzene rings is 1. The molecule has 1 amide bonds. The minimum absolute atomic E-state index is 0. The number of hydrogen-bond acceptors (Lipinski definition) is 4. The third kappa shape index (κ3) is 4.83. The number of esters is 1. The standard InChI is InChI=1S/C14H20N2O3.ClH/c1-9(2)11(15)13(17)16-12(14(18)19-3)10-7-5-4-6-8-10;/h4-9,11-12H,15H2,1-3H3,(H,16,17);1H/t11-,12+;/m1./s1. The van der Waals surface area contributed by atoms with E-state index in [0.717, 1.165) is 0 Å². The summed E-state index contributed by atoms with van der Waals surface area (Å²) in [5, 5.41) is 2.63. The van der Waals surface area contributed by atoms with Gasteiger partial charge in [0.1, 0.15) is 0 Å². The average molecular weight is 301 g/mol. The van der Waals surface area contributed by atoms with Crippen LogP contribution in [0.3, 0.4) is 0 Å². The minimum Gasteiger partial charge on any atom is -0.467 e. The van der Waals surface area contributed by atoms with Gasteiger partial charge in [-0.2, -0.15) is 0 Å². The molecule has 112 valence electrons. The van der Waals surface area contributed by atoms with E-state index >= 15 is 0 Å². The molecule has 0 bridgehead atoms. The Labute approximate surface area is 125 Å². The van der Waals surface area contributed by atoms with E-state index in [-0.39, 0.29) is 24.2 Å². The van der Waals surface area contributed by atoms with Crippen molar-refractivity contribution in [3.05, 3.63) is 35.9 Å². The van der Waals surface area contributed by atoms with Gasteiger partial charge in [0.25, 0.3) is 0 Å². The number of hydrogen-bond donors (Lipinski definition) is 2. The molecule has 3 N–H and O–H groups in total. The van der Waals surface area contributed by atoms with Gasteiger partial charge < -0.3 is 15.8 Å². The zero-order valence-corrected chi connectivity index (χ0v) is 12.6. The van der Waals surface area contributed by atoms with E-state index in [2.05, 4.69) is 5.32 Å². The SMILES string of the molecule is COC(=O)[C@@H](NC(=O)[C@H](N)C(C)C)c1ccccc1.Cl. The summed E-state index contributed by atoms with van der Waals surface area (Å²) in [7, 11) is 1.28. The Morgan fingerprint density at radius 1 is 1.20 bits per heavy atom. The van der Waals surface area contributed by atoms with E-state index in [1.165, 1.54) is 7.11 Å². The van der Waals surface area contributed by atoms with Gasteiger partial charge in [0, 0.05) is 0 Å². The Bertz CT molecular complexity index is 437. The Hall–Kier alpha value is -1.59. The molecule has 0 aromatic heterocycles. The fourth-order valence-corrected chi connectivity index (χ4v) is 1.58. The molecule has 0 aliphatic rings. The van der Waals surface area contributed by atoms with E-state index < -0.39 is 18.1 Å². The van der Waals surface area contributed by atoms with Gasteiger partial charge in [-0.05, 0) is 11.5 Å². The van der Waals surface area contributed by atoms with E-state index in [1.54, 1.807) is 24.3 Å². The molecule has 1 aromatic rings. The highest BCUT2D eigenvalue weighted by Crippen LogP contribution is 2.14. The number of halogens is 1. The smallest absolute Gasteiger partial charge is 0.333 e. The lowest BCUT2D eigenvalue weighted by molar-refractivity contribution is -0.145. The largest absolute Gasteiger partial charge is 0.467 e. The molecule has 0 saturated carbocycles. The Kier molecular flexibility index (Phi) is 7.87. The first kappa shape index (κ1) is 18.4. The predicted octanol–water partition coefficient (Wildman–Crippen LogP) is 1.42. The molecule has 0 saturated heterocycles. The summed E-state index contributed by atoms with van der Waals surface area (Å²) < 4.78 is 4.71. The lowest BCUT2D eigenvalue weighted by atomic mass is 10.0. The molecule has 0 aliphatic carbocycles. The molecular weight excluding hydrogens is 280 g/mol. The Morgan fingerprint density at radius 2 is 1.75 bits per heavy atom. The summed E-state index contributed by atoms with van der Waals surface area (Å²) in [6.45, 7) is 3.69. The summed E-state index contributed by atoms with van der Waals surface area (Å²) in [5.74, 6) is -0.890. The van der Waals surface area contributed by atoms with Crippen LogP contribution in [-0.4, -0.2) is 25.0 Å². The molecule has 0 unspecified atom stereocenters. The monoisotopic (exact) mass is 300 g/mol. The van der Waals surface area contributed by atoms with Gasteiger partial charge in [-0.25, -0.2) is 4.79 Å². The second kappa shape index (κ2) is 8.55. The van der Waals surface area contributed by atoms with Crippen molar-refractivity contribution in [3.63, 3.8) is 0 Å². The molecule has 6 heteroatoms. The van der Waals surface area contributed by atoms with Crippen molar-refractivity contribution < 1.29 is 14.3 Å². The van der Waals surface area contributed by atoms with Crippen molar-refractivity contribution in [1.82, 2.24) is 5.32 Å². The summed E-state index contributed by atoms with van der Waals surface area (Å²) in [6.07, 6.45) is 0. The molecule has 1 rings (SSSR count). The minimum atomic E-state index is -0.830. The molecule has 5 nitrogen and oxygen atoms in total. The van der Waals surface area contributed by atoms with E-state index in [9.17, 15) is 9.59 Å². The number of nitrogens with two attached hydrogens (primary N) is 1. The van der Waals surface area contributed by atoms with E-state index in [1.807, 2.05) is 19.9 Å². The fourth-order valence-electron chi connectivity index (χ4n) is 1.58. The number of ether oxygens (including phenoxy) is 1. The Morgan fingerprint density at radius 3 is 2.20 bits per heavy atom. The average Bonchev–Trinajstić information content (AvgIpc) is 2.43.